The maximum absolute atomic E-state index is 12.9. The van der Waals surface area contributed by atoms with Gasteiger partial charge in [0.15, 0.2) is 0 Å². The van der Waals surface area contributed by atoms with Crippen molar-refractivity contribution in [3.8, 4) is 0 Å². The van der Waals surface area contributed by atoms with Gasteiger partial charge in [-0.25, -0.2) is 0 Å². The highest BCUT2D eigenvalue weighted by Crippen LogP contribution is 2.24. The van der Waals surface area contributed by atoms with Crippen LogP contribution in [0.4, 0.5) is 17.6 Å². The molecule has 2 aromatic carbocycles. The molecule has 24 heavy (non-hydrogen) atoms. The number of halogens is 4. The molecule has 0 amide bonds. The largest absolute Gasteiger partial charge is 0.461 e. The van der Waals surface area contributed by atoms with E-state index in [-0.39, 0.29) is 19.4 Å². The van der Waals surface area contributed by atoms with Crippen LogP contribution in [-0.4, -0.2) is 18.8 Å². The fraction of sp³-hybridized carbons (Fsp3) is 0.389. The summed E-state index contributed by atoms with van der Waals surface area (Å²) >= 11 is 0. The molecule has 0 spiro atoms. The average Bonchev–Trinajstić information content (AvgIpc) is 2.55. The zero-order valence-corrected chi connectivity index (χ0v) is 13.0. The number of alkyl halides is 4. The first-order chi connectivity index (χ1) is 11.4. The molecule has 1 unspecified atom stereocenters. The standard InChI is InChI=1S/C18H18F4O2/c19-11-16(6-3-9-18(20,21)22)17(23)24-12-13-7-8-14-4-1-2-5-15(14)10-13/h1-2,4-5,7-8,10,16H,3,6,9,11-12H2. The van der Waals surface area contributed by atoms with E-state index in [1.807, 2.05) is 36.4 Å². The van der Waals surface area contributed by atoms with E-state index >= 15 is 0 Å². The van der Waals surface area contributed by atoms with Gasteiger partial charge in [0.2, 0.25) is 0 Å². The van der Waals surface area contributed by atoms with Crippen LogP contribution >= 0.6 is 0 Å². The van der Waals surface area contributed by atoms with Crippen molar-refractivity contribution in [2.45, 2.75) is 32.0 Å². The summed E-state index contributed by atoms with van der Waals surface area (Å²) in [6, 6.07) is 13.2. The number of ether oxygens (including phenoxy) is 1. The molecular formula is C18H18F4O2. The van der Waals surface area contributed by atoms with Gasteiger partial charge in [-0.15, -0.1) is 0 Å². The Morgan fingerprint density at radius 3 is 2.46 bits per heavy atom. The zero-order valence-electron chi connectivity index (χ0n) is 13.0. The predicted molar refractivity (Wildman–Crippen MR) is 83.1 cm³/mol. The summed E-state index contributed by atoms with van der Waals surface area (Å²) in [4.78, 5) is 11.8. The molecule has 0 aliphatic heterocycles. The molecule has 130 valence electrons. The highest BCUT2D eigenvalue weighted by molar-refractivity contribution is 5.83. The Balaban J connectivity index is 1.87. The number of carbonyl (C=O) groups excluding carboxylic acids is 1. The third-order valence-electron chi connectivity index (χ3n) is 3.73. The number of fused-ring (bicyclic) bond motifs is 1. The van der Waals surface area contributed by atoms with Crippen LogP contribution in [0.25, 0.3) is 10.8 Å². The minimum absolute atomic E-state index is 0.0283. The molecule has 0 saturated carbocycles. The maximum Gasteiger partial charge on any atom is 0.389 e. The van der Waals surface area contributed by atoms with Crippen molar-refractivity contribution in [3.63, 3.8) is 0 Å². The van der Waals surface area contributed by atoms with Crippen molar-refractivity contribution in [1.82, 2.24) is 0 Å². The first-order valence-electron chi connectivity index (χ1n) is 7.66. The number of carbonyl (C=O) groups is 1. The molecule has 0 radical (unpaired) electrons. The third-order valence-corrected chi connectivity index (χ3v) is 3.73. The number of esters is 1. The highest BCUT2D eigenvalue weighted by Gasteiger charge is 2.28. The maximum atomic E-state index is 12.9. The van der Waals surface area contributed by atoms with Crippen molar-refractivity contribution in [2.24, 2.45) is 5.92 Å². The van der Waals surface area contributed by atoms with Gasteiger partial charge < -0.3 is 4.74 Å². The summed E-state index contributed by atoms with van der Waals surface area (Å²) in [5, 5.41) is 2.03. The lowest BCUT2D eigenvalue weighted by molar-refractivity contribution is -0.152. The SMILES string of the molecule is O=C(OCc1ccc2ccccc2c1)C(CF)CCCC(F)(F)F. The number of benzene rings is 2. The molecule has 1 atom stereocenters. The Morgan fingerprint density at radius 1 is 1.08 bits per heavy atom. The van der Waals surface area contributed by atoms with Crippen LogP contribution in [0.2, 0.25) is 0 Å². The van der Waals surface area contributed by atoms with Crippen molar-refractivity contribution in [3.05, 3.63) is 48.0 Å². The van der Waals surface area contributed by atoms with Crippen LogP contribution < -0.4 is 0 Å². The van der Waals surface area contributed by atoms with Gasteiger partial charge in [-0.1, -0.05) is 36.4 Å². The first kappa shape index (κ1) is 18.2. The van der Waals surface area contributed by atoms with E-state index in [4.69, 9.17) is 4.74 Å². The summed E-state index contributed by atoms with van der Waals surface area (Å²) in [6.07, 6.45) is -5.78. The molecule has 0 aliphatic carbocycles. The second-order valence-corrected chi connectivity index (χ2v) is 5.65. The van der Waals surface area contributed by atoms with Gasteiger partial charge in [-0.2, -0.15) is 13.2 Å². The zero-order chi connectivity index (χ0) is 17.6. The van der Waals surface area contributed by atoms with Crippen LogP contribution in [0.15, 0.2) is 42.5 Å². The van der Waals surface area contributed by atoms with Crippen LogP contribution in [0.3, 0.4) is 0 Å². The number of hydrogen-bond donors (Lipinski definition) is 0. The molecule has 0 heterocycles. The van der Waals surface area contributed by atoms with Crippen LogP contribution in [-0.2, 0) is 16.1 Å². The minimum Gasteiger partial charge on any atom is -0.461 e. The molecule has 0 saturated heterocycles. The van der Waals surface area contributed by atoms with Crippen LogP contribution in [0.5, 0.6) is 0 Å². The van der Waals surface area contributed by atoms with E-state index in [9.17, 15) is 22.4 Å². The molecule has 6 heteroatoms. The van der Waals surface area contributed by atoms with Crippen LogP contribution in [0.1, 0.15) is 24.8 Å². The van der Waals surface area contributed by atoms with Crippen molar-refractivity contribution in [1.29, 1.82) is 0 Å². The van der Waals surface area contributed by atoms with Gasteiger partial charge in [0.1, 0.15) is 13.3 Å². The minimum atomic E-state index is -4.30. The molecule has 0 fully saturated rings. The molecule has 0 aliphatic rings. The molecule has 0 bridgehead atoms. The normalized spacial score (nSPS) is 13.0. The van der Waals surface area contributed by atoms with E-state index < -0.39 is 31.2 Å². The molecule has 2 rings (SSSR count). The van der Waals surface area contributed by atoms with E-state index in [2.05, 4.69) is 0 Å². The molecule has 0 N–H and O–H groups in total. The monoisotopic (exact) mass is 342 g/mol. The summed E-state index contributed by atoms with van der Waals surface area (Å²) in [6.45, 7) is -1.05. The summed E-state index contributed by atoms with van der Waals surface area (Å²) in [5.41, 5.74) is 0.745. The molecule has 0 aromatic heterocycles. The topological polar surface area (TPSA) is 26.3 Å². The van der Waals surface area contributed by atoms with E-state index in [1.165, 1.54) is 0 Å². The average molecular weight is 342 g/mol. The fourth-order valence-electron chi connectivity index (χ4n) is 2.41. The summed E-state index contributed by atoms with van der Waals surface area (Å²) in [7, 11) is 0. The third kappa shape index (κ3) is 5.51. The van der Waals surface area contributed by atoms with Gasteiger partial charge in [-0.3, -0.25) is 9.18 Å². The second-order valence-electron chi connectivity index (χ2n) is 5.65. The molecular weight excluding hydrogens is 324 g/mol. The Kier molecular flexibility index (Phi) is 6.17. The first-order valence-corrected chi connectivity index (χ1v) is 7.66. The van der Waals surface area contributed by atoms with Crippen molar-refractivity contribution >= 4 is 16.7 Å². The summed E-state index contributed by atoms with van der Waals surface area (Å²) < 4.78 is 54.2. The predicted octanol–water partition coefficient (Wildman–Crippen LogP) is 5.20. The molecule has 2 nitrogen and oxygen atoms in total. The quantitative estimate of drug-likeness (QED) is 0.510. The van der Waals surface area contributed by atoms with Gasteiger partial charge >= 0.3 is 12.1 Å². The lowest BCUT2D eigenvalue weighted by atomic mass is 10.0. The van der Waals surface area contributed by atoms with Gasteiger partial charge in [-0.05, 0) is 35.2 Å². The van der Waals surface area contributed by atoms with Crippen LogP contribution in [0, 0.1) is 5.92 Å². The fourth-order valence-corrected chi connectivity index (χ4v) is 2.41. The lowest BCUT2D eigenvalue weighted by Gasteiger charge is -2.13. The Hall–Kier alpha value is -2.11. The van der Waals surface area contributed by atoms with E-state index in [0.29, 0.717) is 0 Å². The van der Waals surface area contributed by atoms with Gasteiger partial charge in [0, 0.05) is 6.42 Å². The Labute approximate surface area is 137 Å². The number of rotatable bonds is 7. The highest BCUT2D eigenvalue weighted by atomic mass is 19.4. The number of hydrogen-bond acceptors (Lipinski definition) is 2. The summed E-state index contributed by atoms with van der Waals surface area (Å²) in [5.74, 6) is -1.94. The smallest absolute Gasteiger partial charge is 0.389 e. The Morgan fingerprint density at radius 2 is 1.79 bits per heavy atom. The second kappa shape index (κ2) is 8.13. The van der Waals surface area contributed by atoms with Gasteiger partial charge in [0.05, 0.1) is 5.92 Å². The Bertz CT molecular complexity index is 682. The van der Waals surface area contributed by atoms with E-state index in [1.54, 1.807) is 6.07 Å². The molecule has 2 aromatic rings. The van der Waals surface area contributed by atoms with Gasteiger partial charge in [0.25, 0.3) is 0 Å². The van der Waals surface area contributed by atoms with Crippen molar-refractivity contribution in [2.75, 3.05) is 6.67 Å². The van der Waals surface area contributed by atoms with E-state index in [0.717, 1.165) is 16.3 Å². The lowest BCUT2D eigenvalue weighted by Crippen LogP contribution is -2.20. The van der Waals surface area contributed by atoms with Crippen molar-refractivity contribution < 1.29 is 27.1 Å².